The minimum absolute atomic E-state index is 0.762. The van der Waals surface area contributed by atoms with Crippen molar-refractivity contribution in [2.75, 3.05) is 11.9 Å². The zero-order chi connectivity index (χ0) is 17.0. The van der Waals surface area contributed by atoms with Crippen LogP contribution in [0.2, 0.25) is 19.6 Å². The van der Waals surface area contributed by atoms with Gasteiger partial charge in [0.15, 0.2) is 0 Å². The van der Waals surface area contributed by atoms with Crippen molar-refractivity contribution in [2.24, 2.45) is 4.99 Å². The Morgan fingerprint density at radius 2 is 1.96 bits per heavy atom. The number of hydrogen-bond donors (Lipinski definition) is 0. The van der Waals surface area contributed by atoms with Crippen LogP contribution in [0.1, 0.15) is 18.9 Å². The smallest absolute Gasteiger partial charge is 0.0902 e. The third-order valence-electron chi connectivity index (χ3n) is 2.73. The molecule has 0 unspecified atom stereocenters. The normalized spacial score (nSPS) is 12.6. The number of rotatable bonds is 6. The van der Waals surface area contributed by atoms with Gasteiger partial charge in [-0.25, -0.2) is 0 Å². The molecule has 0 radical (unpaired) electrons. The lowest BCUT2D eigenvalue weighted by Gasteiger charge is -2.14. The SMILES string of the molecule is C/C=C\C#CCCN=C(/C=C/c1ccccc1)SC[Si](C)(C)C. The van der Waals surface area contributed by atoms with E-state index in [2.05, 4.69) is 67.9 Å². The van der Waals surface area contributed by atoms with Gasteiger partial charge in [-0.1, -0.05) is 74.0 Å². The second-order valence-electron chi connectivity index (χ2n) is 6.38. The molecule has 122 valence electrons. The summed E-state index contributed by atoms with van der Waals surface area (Å²) in [5.74, 6) is 6.12. The van der Waals surface area contributed by atoms with Crippen LogP contribution in [-0.2, 0) is 0 Å². The molecule has 23 heavy (non-hydrogen) atoms. The van der Waals surface area contributed by atoms with Crippen LogP contribution in [-0.4, -0.2) is 25.0 Å². The number of allylic oxidation sites excluding steroid dienone is 2. The molecule has 0 aromatic heterocycles. The van der Waals surface area contributed by atoms with E-state index in [1.54, 1.807) is 0 Å². The number of nitrogens with zero attached hydrogens (tertiary/aromatic N) is 1. The third-order valence-corrected chi connectivity index (χ3v) is 7.33. The molecule has 1 rings (SSSR count). The van der Waals surface area contributed by atoms with Crippen LogP contribution in [0.5, 0.6) is 0 Å². The van der Waals surface area contributed by atoms with Gasteiger partial charge in [-0.05, 0) is 30.0 Å². The second kappa shape index (κ2) is 11.1. The third kappa shape index (κ3) is 10.8. The maximum absolute atomic E-state index is 4.73. The molecule has 1 aromatic rings. The molecule has 0 N–H and O–H groups in total. The summed E-state index contributed by atoms with van der Waals surface area (Å²) in [5, 5.41) is 2.30. The molecule has 0 saturated heterocycles. The first kappa shape index (κ1) is 19.5. The van der Waals surface area contributed by atoms with Crippen molar-refractivity contribution in [1.82, 2.24) is 0 Å². The fourth-order valence-electron chi connectivity index (χ4n) is 1.60. The fraction of sp³-hybridized carbons (Fsp3) is 0.350. The monoisotopic (exact) mass is 341 g/mol. The first-order valence-electron chi connectivity index (χ1n) is 8.01. The molecule has 0 aliphatic rings. The van der Waals surface area contributed by atoms with E-state index in [0.29, 0.717) is 0 Å². The number of benzene rings is 1. The van der Waals surface area contributed by atoms with Crippen molar-refractivity contribution >= 4 is 31.0 Å². The lowest BCUT2D eigenvalue weighted by molar-refractivity contribution is 1.04. The molecule has 0 amide bonds. The summed E-state index contributed by atoms with van der Waals surface area (Å²) in [4.78, 5) is 4.73. The summed E-state index contributed by atoms with van der Waals surface area (Å²) >= 11 is 1.88. The molecule has 0 fully saturated rings. The summed E-state index contributed by atoms with van der Waals surface area (Å²) < 4.78 is 0. The quantitative estimate of drug-likeness (QED) is 0.213. The van der Waals surface area contributed by atoms with Crippen molar-refractivity contribution in [3.63, 3.8) is 0 Å². The van der Waals surface area contributed by atoms with Crippen LogP contribution >= 0.6 is 11.8 Å². The van der Waals surface area contributed by atoms with Crippen LogP contribution < -0.4 is 0 Å². The van der Waals surface area contributed by atoms with Gasteiger partial charge in [0.2, 0.25) is 0 Å². The maximum atomic E-state index is 4.73. The number of hydrogen-bond acceptors (Lipinski definition) is 2. The predicted molar refractivity (Wildman–Crippen MR) is 111 cm³/mol. The molecule has 0 aliphatic heterocycles. The van der Waals surface area contributed by atoms with E-state index in [1.165, 1.54) is 10.9 Å². The first-order valence-corrected chi connectivity index (χ1v) is 12.7. The summed E-state index contributed by atoms with van der Waals surface area (Å²) in [6.45, 7) is 9.91. The molecular weight excluding hydrogens is 314 g/mol. The number of aliphatic imine (C=N–C) groups is 1. The lowest BCUT2D eigenvalue weighted by Crippen LogP contribution is -2.24. The molecule has 0 heterocycles. The molecule has 1 nitrogen and oxygen atoms in total. The van der Waals surface area contributed by atoms with Crippen LogP contribution in [0.25, 0.3) is 6.08 Å². The van der Waals surface area contributed by atoms with Gasteiger partial charge in [-0.3, -0.25) is 4.99 Å². The van der Waals surface area contributed by atoms with E-state index in [1.807, 2.05) is 36.9 Å². The Kier molecular flexibility index (Phi) is 9.43. The zero-order valence-electron chi connectivity index (χ0n) is 14.7. The average Bonchev–Trinajstić information content (AvgIpc) is 2.52. The minimum atomic E-state index is -1.08. The Bertz CT molecular complexity index is 598. The van der Waals surface area contributed by atoms with E-state index in [9.17, 15) is 0 Å². The van der Waals surface area contributed by atoms with Crippen molar-refractivity contribution < 1.29 is 0 Å². The molecule has 0 aliphatic carbocycles. The largest absolute Gasteiger partial charge is 0.277 e. The van der Waals surface area contributed by atoms with E-state index in [4.69, 9.17) is 4.99 Å². The van der Waals surface area contributed by atoms with Crippen molar-refractivity contribution in [3.05, 3.63) is 54.1 Å². The summed E-state index contributed by atoms with van der Waals surface area (Å²) in [5.41, 5.74) is 1.21. The average molecular weight is 342 g/mol. The highest BCUT2D eigenvalue weighted by Crippen LogP contribution is 2.15. The highest BCUT2D eigenvalue weighted by molar-refractivity contribution is 8.15. The van der Waals surface area contributed by atoms with Crippen molar-refractivity contribution in [2.45, 2.75) is 33.0 Å². The van der Waals surface area contributed by atoms with Gasteiger partial charge in [0.1, 0.15) is 0 Å². The van der Waals surface area contributed by atoms with Crippen LogP contribution in [0.3, 0.4) is 0 Å². The van der Waals surface area contributed by atoms with Crippen LogP contribution in [0.15, 0.2) is 53.6 Å². The molecule has 0 saturated carbocycles. The Morgan fingerprint density at radius 3 is 2.61 bits per heavy atom. The fourth-order valence-corrected chi connectivity index (χ4v) is 4.28. The van der Waals surface area contributed by atoms with E-state index < -0.39 is 8.07 Å². The first-order chi connectivity index (χ1) is 11.0. The summed E-state index contributed by atoms with van der Waals surface area (Å²) in [7, 11) is -1.08. The van der Waals surface area contributed by atoms with Gasteiger partial charge >= 0.3 is 0 Å². The van der Waals surface area contributed by atoms with Gasteiger partial charge in [0.25, 0.3) is 0 Å². The van der Waals surface area contributed by atoms with Crippen LogP contribution in [0.4, 0.5) is 0 Å². The Labute approximate surface area is 147 Å². The highest BCUT2D eigenvalue weighted by atomic mass is 32.2. The van der Waals surface area contributed by atoms with E-state index >= 15 is 0 Å². The zero-order valence-corrected chi connectivity index (χ0v) is 16.5. The van der Waals surface area contributed by atoms with Gasteiger partial charge in [0.05, 0.1) is 19.7 Å². The Balaban J connectivity index is 2.68. The van der Waals surface area contributed by atoms with Crippen molar-refractivity contribution in [1.29, 1.82) is 0 Å². The van der Waals surface area contributed by atoms with Gasteiger partial charge in [-0.15, -0.1) is 11.8 Å². The van der Waals surface area contributed by atoms with Gasteiger partial charge < -0.3 is 0 Å². The maximum Gasteiger partial charge on any atom is 0.0902 e. The van der Waals surface area contributed by atoms with Crippen LogP contribution in [0, 0.1) is 11.8 Å². The van der Waals surface area contributed by atoms with Gasteiger partial charge in [-0.2, -0.15) is 0 Å². The lowest BCUT2D eigenvalue weighted by atomic mass is 10.2. The van der Waals surface area contributed by atoms with Crippen molar-refractivity contribution in [3.8, 4) is 11.8 Å². The minimum Gasteiger partial charge on any atom is -0.277 e. The molecule has 3 heteroatoms. The summed E-state index contributed by atoms with van der Waals surface area (Å²) in [6.07, 6.45) is 8.91. The molecule has 0 atom stereocenters. The Morgan fingerprint density at radius 1 is 1.22 bits per heavy atom. The topological polar surface area (TPSA) is 12.4 Å². The van der Waals surface area contributed by atoms with E-state index in [0.717, 1.165) is 18.0 Å². The van der Waals surface area contributed by atoms with Gasteiger partial charge in [0, 0.05) is 6.42 Å². The molecule has 0 bridgehead atoms. The molecular formula is C20H27NSSi. The number of thioether (sulfide) groups is 1. The van der Waals surface area contributed by atoms with E-state index in [-0.39, 0.29) is 0 Å². The highest BCUT2D eigenvalue weighted by Gasteiger charge is 2.13. The standard InChI is InChI=1S/C20H27NSSi/c1-5-6-7-8-12-17-21-20(22-18-23(2,3)4)16-15-19-13-10-9-11-14-19/h5-6,9-11,13-16H,12,17-18H2,1-4H3/b6-5-,16-15+,21-20?. The molecule has 0 spiro atoms. The second-order valence-corrected chi connectivity index (χ2v) is 13.4. The predicted octanol–water partition coefficient (Wildman–Crippen LogP) is 5.68. The Hall–Kier alpha value is -1.50. The molecule has 1 aromatic carbocycles. The summed E-state index contributed by atoms with van der Waals surface area (Å²) in [6, 6.07) is 10.4.